The summed E-state index contributed by atoms with van der Waals surface area (Å²) in [5.74, 6) is 0.791. The molecule has 4 nitrogen and oxygen atoms in total. The van der Waals surface area contributed by atoms with E-state index in [1.165, 1.54) is 0 Å². The molecule has 1 saturated heterocycles. The average molecular weight is 324 g/mol. The summed E-state index contributed by atoms with van der Waals surface area (Å²) in [6.07, 6.45) is 6.07. The monoisotopic (exact) mass is 324 g/mol. The van der Waals surface area contributed by atoms with Gasteiger partial charge in [0, 0.05) is 39.0 Å². The van der Waals surface area contributed by atoms with Crippen molar-refractivity contribution in [3.05, 3.63) is 48.3 Å². The number of ether oxygens (including phenoxy) is 1. The third-order valence-electron chi connectivity index (χ3n) is 4.88. The van der Waals surface area contributed by atoms with Gasteiger partial charge >= 0.3 is 0 Å². The molecule has 24 heavy (non-hydrogen) atoms. The van der Waals surface area contributed by atoms with Gasteiger partial charge in [-0.25, -0.2) is 0 Å². The number of pyridine rings is 1. The third kappa shape index (κ3) is 2.67. The molecule has 0 amide bonds. The molecule has 1 fully saturated rings. The zero-order valence-corrected chi connectivity index (χ0v) is 13.7. The Labute approximate surface area is 146 Å². The van der Waals surface area contributed by atoms with Crippen LogP contribution in [0, 0.1) is 0 Å². The first-order valence-electron chi connectivity index (χ1n) is 9.83. The second-order valence-electron chi connectivity index (χ2n) is 6.33. The van der Waals surface area contributed by atoms with Gasteiger partial charge in [-0.1, -0.05) is 0 Å². The van der Waals surface area contributed by atoms with E-state index in [0.29, 0.717) is 13.0 Å². The highest BCUT2D eigenvalue weighted by Gasteiger charge is 2.24. The van der Waals surface area contributed by atoms with Crippen molar-refractivity contribution in [3.8, 4) is 17.0 Å². The standard InChI is InChI=1S/C20H23N3O/c1-23-10-4-6-15(23)11-18-17-12-16(24-2)7-8-19(17)22-20(18)14-5-3-9-21-13-14/h3,5,7-9,12-13,15,22H,4,6,10-11H2,1-2H3/t15-/m1/s1/i1D3. The van der Waals surface area contributed by atoms with Crippen molar-refractivity contribution >= 4 is 10.9 Å². The number of methoxy groups -OCH3 is 1. The number of nitrogens with zero attached hydrogens (tertiary/aromatic N) is 2. The minimum absolute atomic E-state index is 0.00174. The first kappa shape index (κ1) is 12.1. The fraction of sp³-hybridized carbons (Fsp3) is 0.350. The number of H-pyrrole nitrogens is 1. The highest BCUT2D eigenvalue weighted by molar-refractivity contribution is 5.91. The summed E-state index contributed by atoms with van der Waals surface area (Å²) in [5, 5.41) is 1.07. The minimum Gasteiger partial charge on any atom is -0.497 e. The largest absolute Gasteiger partial charge is 0.497 e. The number of likely N-dealkylation sites (tertiary alicyclic amines) is 1. The highest BCUT2D eigenvalue weighted by Crippen LogP contribution is 2.34. The van der Waals surface area contributed by atoms with Gasteiger partial charge in [-0.05, 0) is 68.7 Å². The van der Waals surface area contributed by atoms with E-state index in [2.05, 4.69) is 9.97 Å². The van der Waals surface area contributed by atoms with Gasteiger partial charge in [0.1, 0.15) is 5.75 Å². The molecule has 0 unspecified atom stereocenters. The predicted molar refractivity (Wildman–Crippen MR) is 97.4 cm³/mol. The minimum atomic E-state index is -2.06. The number of aromatic amines is 1. The quantitative estimate of drug-likeness (QED) is 0.792. The summed E-state index contributed by atoms with van der Waals surface area (Å²) in [7, 11) is 1.66. The van der Waals surface area contributed by atoms with E-state index in [4.69, 9.17) is 8.85 Å². The molecule has 0 aliphatic carbocycles. The van der Waals surface area contributed by atoms with E-state index in [-0.39, 0.29) is 6.04 Å². The van der Waals surface area contributed by atoms with Gasteiger partial charge in [0.05, 0.1) is 12.8 Å². The van der Waals surface area contributed by atoms with Crippen molar-refractivity contribution in [1.82, 2.24) is 14.9 Å². The molecule has 1 atom stereocenters. The summed E-state index contributed by atoms with van der Waals surface area (Å²) >= 11 is 0. The van der Waals surface area contributed by atoms with Crippen LogP contribution in [0.25, 0.3) is 22.2 Å². The Bertz CT molecular complexity index is 937. The molecular weight excluding hydrogens is 298 g/mol. The number of benzene rings is 1. The van der Waals surface area contributed by atoms with Crippen LogP contribution in [0.4, 0.5) is 0 Å². The molecule has 1 aliphatic heterocycles. The van der Waals surface area contributed by atoms with E-state index < -0.39 is 6.98 Å². The predicted octanol–water partition coefficient (Wildman–Crippen LogP) is 3.88. The van der Waals surface area contributed by atoms with Crippen LogP contribution in [0.5, 0.6) is 5.75 Å². The van der Waals surface area contributed by atoms with Crippen LogP contribution in [0.15, 0.2) is 42.7 Å². The zero-order chi connectivity index (χ0) is 19.0. The Kier molecular flexibility index (Phi) is 3.17. The molecule has 1 N–H and O–H groups in total. The first-order valence-corrected chi connectivity index (χ1v) is 8.33. The second-order valence-corrected chi connectivity index (χ2v) is 6.33. The number of aromatic nitrogens is 2. The van der Waals surface area contributed by atoms with Crippen LogP contribution in [0.3, 0.4) is 0 Å². The number of likely N-dealkylation sites (N-methyl/N-ethyl adjacent to an activating group) is 1. The van der Waals surface area contributed by atoms with Crippen LogP contribution < -0.4 is 4.74 Å². The molecule has 1 aliphatic rings. The SMILES string of the molecule is [2H]C([2H])([2H])N1CCC[C@@H]1Cc1c(-c2cccnc2)[nH]c2ccc(OC)cc12. The van der Waals surface area contributed by atoms with Crippen LogP contribution >= 0.6 is 0 Å². The van der Waals surface area contributed by atoms with Gasteiger partial charge in [-0.15, -0.1) is 0 Å². The summed E-state index contributed by atoms with van der Waals surface area (Å²) in [5.41, 5.74) is 4.14. The number of hydrogen-bond acceptors (Lipinski definition) is 3. The molecule has 1 aromatic carbocycles. The van der Waals surface area contributed by atoms with Crippen LogP contribution in [0.2, 0.25) is 0 Å². The van der Waals surface area contributed by atoms with Gasteiger partial charge in [-0.2, -0.15) is 0 Å². The first-order chi connectivity index (χ1) is 13.0. The Morgan fingerprint density at radius 1 is 1.42 bits per heavy atom. The van der Waals surface area contributed by atoms with E-state index in [0.717, 1.165) is 46.3 Å². The number of hydrogen-bond donors (Lipinski definition) is 1. The van der Waals surface area contributed by atoms with E-state index >= 15 is 0 Å². The van der Waals surface area contributed by atoms with Crippen molar-refractivity contribution in [2.45, 2.75) is 25.3 Å². The molecule has 3 heterocycles. The van der Waals surface area contributed by atoms with Crippen molar-refractivity contribution in [3.63, 3.8) is 0 Å². The maximum absolute atomic E-state index is 7.85. The Hall–Kier alpha value is -2.33. The van der Waals surface area contributed by atoms with E-state index in [9.17, 15) is 0 Å². The molecule has 0 bridgehead atoms. The summed E-state index contributed by atoms with van der Waals surface area (Å²) < 4.78 is 29.0. The molecular formula is C20H23N3O. The Balaban J connectivity index is 1.82. The van der Waals surface area contributed by atoms with Crippen LogP contribution in [-0.2, 0) is 6.42 Å². The molecule has 3 aromatic rings. The molecule has 4 heteroatoms. The van der Waals surface area contributed by atoms with Gasteiger partial charge in [0.25, 0.3) is 0 Å². The molecule has 124 valence electrons. The van der Waals surface area contributed by atoms with Gasteiger partial charge in [-0.3, -0.25) is 4.98 Å². The summed E-state index contributed by atoms with van der Waals surface area (Å²) in [6.45, 7) is -1.44. The lowest BCUT2D eigenvalue weighted by Gasteiger charge is -2.20. The summed E-state index contributed by atoms with van der Waals surface area (Å²) in [4.78, 5) is 9.42. The zero-order valence-electron chi connectivity index (χ0n) is 16.7. The lowest BCUT2D eigenvalue weighted by Crippen LogP contribution is -2.26. The van der Waals surface area contributed by atoms with Crippen molar-refractivity contribution < 1.29 is 8.85 Å². The van der Waals surface area contributed by atoms with Gasteiger partial charge in [0.15, 0.2) is 0 Å². The molecule has 4 rings (SSSR count). The molecule has 0 spiro atoms. The Morgan fingerprint density at radius 3 is 3.17 bits per heavy atom. The lowest BCUT2D eigenvalue weighted by molar-refractivity contribution is 0.310. The van der Waals surface area contributed by atoms with E-state index in [1.54, 1.807) is 18.2 Å². The molecule has 0 radical (unpaired) electrons. The third-order valence-corrected chi connectivity index (χ3v) is 4.88. The lowest BCUT2D eigenvalue weighted by atomic mass is 9.98. The Morgan fingerprint density at radius 2 is 2.38 bits per heavy atom. The maximum Gasteiger partial charge on any atom is 0.119 e. The highest BCUT2D eigenvalue weighted by atomic mass is 16.5. The smallest absolute Gasteiger partial charge is 0.119 e. The average Bonchev–Trinajstić information content (AvgIpc) is 3.27. The number of fused-ring (bicyclic) bond motifs is 1. The fourth-order valence-electron chi connectivity index (χ4n) is 3.61. The summed E-state index contributed by atoms with van der Waals surface area (Å²) in [6, 6.07) is 9.89. The topological polar surface area (TPSA) is 41.2 Å². The van der Waals surface area contributed by atoms with E-state index in [1.807, 2.05) is 36.5 Å². The van der Waals surface area contributed by atoms with Gasteiger partial charge < -0.3 is 14.6 Å². The fourth-order valence-corrected chi connectivity index (χ4v) is 3.61. The van der Waals surface area contributed by atoms with Crippen LogP contribution in [-0.4, -0.2) is 41.5 Å². The second kappa shape index (κ2) is 6.29. The number of rotatable bonds is 4. The molecule has 0 saturated carbocycles. The normalized spacial score (nSPS) is 20.7. The van der Waals surface area contributed by atoms with Crippen LogP contribution in [0.1, 0.15) is 22.5 Å². The van der Waals surface area contributed by atoms with Crippen molar-refractivity contribution in [2.75, 3.05) is 20.6 Å². The van der Waals surface area contributed by atoms with Crippen molar-refractivity contribution in [2.24, 2.45) is 0 Å². The maximum atomic E-state index is 7.85. The van der Waals surface area contributed by atoms with Gasteiger partial charge in [0.2, 0.25) is 0 Å². The molecule has 2 aromatic heterocycles. The number of nitrogens with one attached hydrogen (secondary N) is 1. The van der Waals surface area contributed by atoms with Crippen molar-refractivity contribution in [1.29, 1.82) is 0 Å².